The van der Waals surface area contributed by atoms with Crippen LogP contribution in [0.1, 0.15) is 31.8 Å². The molecular formula is C25H19ClO5. The monoisotopic (exact) mass is 434 g/mol. The van der Waals surface area contributed by atoms with E-state index in [1.54, 1.807) is 49.6 Å². The van der Waals surface area contributed by atoms with E-state index in [0.717, 1.165) is 5.56 Å². The van der Waals surface area contributed by atoms with Crippen molar-refractivity contribution < 1.29 is 23.8 Å². The van der Waals surface area contributed by atoms with E-state index in [1.165, 1.54) is 0 Å². The van der Waals surface area contributed by atoms with Crippen LogP contribution in [0.4, 0.5) is 0 Å². The van der Waals surface area contributed by atoms with E-state index in [4.69, 9.17) is 25.8 Å². The van der Waals surface area contributed by atoms with Gasteiger partial charge in [-0.2, -0.15) is 0 Å². The highest BCUT2D eigenvalue weighted by atomic mass is 35.5. The highest BCUT2D eigenvalue weighted by Crippen LogP contribution is 2.37. The molecule has 0 atom stereocenters. The fourth-order valence-corrected chi connectivity index (χ4v) is 3.44. The van der Waals surface area contributed by atoms with Gasteiger partial charge in [0, 0.05) is 16.7 Å². The minimum atomic E-state index is -0.195. The van der Waals surface area contributed by atoms with Crippen molar-refractivity contribution in [3.05, 3.63) is 93.7 Å². The number of methoxy groups -OCH3 is 1. The lowest BCUT2D eigenvalue weighted by atomic mass is 10.0. The van der Waals surface area contributed by atoms with Crippen LogP contribution in [0.5, 0.6) is 17.2 Å². The fourth-order valence-electron chi connectivity index (χ4n) is 3.31. The third-order valence-corrected chi connectivity index (χ3v) is 5.12. The smallest absolute Gasteiger partial charge is 0.232 e. The van der Waals surface area contributed by atoms with Crippen molar-refractivity contribution in [1.29, 1.82) is 0 Å². The average molecular weight is 435 g/mol. The lowest BCUT2D eigenvalue weighted by Crippen LogP contribution is -2.11. The molecule has 31 heavy (non-hydrogen) atoms. The lowest BCUT2D eigenvalue weighted by Gasteiger charge is -2.09. The normalized spacial score (nSPS) is 13.6. The molecule has 0 saturated carbocycles. The summed E-state index contributed by atoms with van der Waals surface area (Å²) in [6.07, 6.45) is 1.68. The summed E-state index contributed by atoms with van der Waals surface area (Å²) in [5, 5.41) is 0.561. The Hall–Kier alpha value is -3.57. The van der Waals surface area contributed by atoms with Crippen LogP contribution in [-0.4, -0.2) is 25.3 Å². The van der Waals surface area contributed by atoms with Crippen molar-refractivity contribution in [3.8, 4) is 17.2 Å². The van der Waals surface area contributed by atoms with Crippen molar-refractivity contribution >= 4 is 29.2 Å². The Morgan fingerprint density at radius 2 is 1.84 bits per heavy atom. The Labute approximate surface area is 184 Å². The topological polar surface area (TPSA) is 61.8 Å². The van der Waals surface area contributed by atoms with Gasteiger partial charge in [0.1, 0.15) is 17.2 Å². The third kappa shape index (κ3) is 4.47. The minimum absolute atomic E-state index is 0.139. The van der Waals surface area contributed by atoms with Gasteiger partial charge in [-0.15, -0.1) is 0 Å². The summed E-state index contributed by atoms with van der Waals surface area (Å²) in [5.74, 6) is 1.40. The van der Waals surface area contributed by atoms with Gasteiger partial charge in [-0.05, 0) is 66.6 Å². The van der Waals surface area contributed by atoms with Gasteiger partial charge in [-0.3, -0.25) is 9.59 Å². The van der Waals surface area contributed by atoms with Gasteiger partial charge >= 0.3 is 0 Å². The van der Waals surface area contributed by atoms with Crippen LogP contribution in [0.3, 0.4) is 0 Å². The largest absolute Gasteiger partial charge is 0.497 e. The van der Waals surface area contributed by atoms with E-state index in [2.05, 4.69) is 0 Å². The number of Topliss-reactive ketones (excluding diaryl/α,β-unsaturated/α-hetero) is 2. The number of allylic oxidation sites excluding steroid dienone is 1. The molecule has 4 rings (SSSR count). The molecule has 0 fully saturated rings. The lowest BCUT2D eigenvalue weighted by molar-refractivity contribution is 0.0920. The number of hydrogen-bond acceptors (Lipinski definition) is 5. The number of carbonyl (C=O) groups excluding carboxylic acids is 2. The molecule has 5 nitrogen and oxygen atoms in total. The van der Waals surface area contributed by atoms with E-state index in [1.807, 2.05) is 31.2 Å². The van der Waals surface area contributed by atoms with Crippen molar-refractivity contribution in [2.75, 3.05) is 13.7 Å². The second-order valence-corrected chi connectivity index (χ2v) is 7.48. The summed E-state index contributed by atoms with van der Waals surface area (Å²) < 4.78 is 16.7. The minimum Gasteiger partial charge on any atom is -0.497 e. The molecule has 0 amide bonds. The predicted molar refractivity (Wildman–Crippen MR) is 118 cm³/mol. The van der Waals surface area contributed by atoms with Crippen LogP contribution in [-0.2, 0) is 0 Å². The van der Waals surface area contributed by atoms with Crippen LogP contribution in [0, 0.1) is 6.92 Å². The second kappa shape index (κ2) is 8.66. The summed E-state index contributed by atoms with van der Waals surface area (Å²) in [6.45, 7) is 1.67. The van der Waals surface area contributed by atoms with Crippen molar-refractivity contribution in [2.24, 2.45) is 0 Å². The molecule has 0 N–H and O–H groups in total. The molecule has 156 valence electrons. The summed E-state index contributed by atoms with van der Waals surface area (Å²) >= 11 is 5.86. The van der Waals surface area contributed by atoms with Gasteiger partial charge in [-0.25, -0.2) is 0 Å². The summed E-state index contributed by atoms with van der Waals surface area (Å²) in [4.78, 5) is 25.2. The van der Waals surface area contributed by atoms with Crippen LogP contribution >= 0.6 is 11.6 Å². The highest BCUT2D eigenvalue weighted by molar-refractivity contribution is 6.30. The predicted octanol–water partition coefficient (Wildman–Crippen LogP) is 5.53. The Balaban J connectivity index is 1.52. The first-order valence-corrected chi connectivity index (χ1v) is 9.97. The van der Waals surface area contributed by atoms with Crippen molar-refractivity contribution in [3.63, 3.8) is 0 Å². The van der Waals surface area contributed by atoms with Gasteiger partial charge in [0.15, 0.2) is 18.1 Å². The number of rotatable bonds is 6. The maximum absolute atomic E-state index is 12.8. The highest BCUT2D eigenvalue weighted by Gasteiger charge is 2.30. The van der Waals surface area contributed by atoms with Crippen LogP contribution in [0.2, 0.25) is 5.02 Å². The molecule has 0 aliphatic carbocycles. The molecule has 1 aliphatic rings. The van der Waals surface area contributed by atoms with Gasteiger partial charge in [-0.1, -0.05) is 23.7 Å². The number of halogens is 1. The average Bonchev–Trinajstić information content (AvgIpc) is 3.08. The molecular weight excluding hydrogens is 416 g/mol. The van der Waals surface area contributed by atoms with Crippen LogP contribution in [0.15, 0.2) is 66.4 Å². The number of fused-ring (bicyclic) bond motifs is 1. The van der Waals surface area contributed by atoms with Gasteiger partial charge in [0.05, 0.1) is 12.7 Å². The number of hydrogen-bond donors (Lipinski definition) is 0. The molecule has 1 heterocycles. The van der Waals surface area contributed by atoms with Gasteiger partial charge < -0.3 is 14.2 Å². The van der Waals surface area contributed by atoms with E-state index >= 15 is 0 Å². The number of carbonyl (C=O) groups is 2. The molecule has 0 unspecified atom stereocenters. The molecule has 0 saturated heterocycles. The van der Waals surface area contributed by atoms with Crippen molar-refractivity contribution in [1.82, 2.24) is 0 Å². The molecule has 0 radical (unpaired) electrons. The molecule has 0 aromatic heterocycles. The third-order valence-electron chi connectivity index (χ3n) is 4.87. The summed E-state index contributed by atoms with van der Waals surface area (Å²) in [5.41, 5.74) is 2.51. The number of ether oxygens (including phenoxy) is 3. The molecule has 0 bridgehead atoms. The Morgan fingerprint density at radius 3 is 2.58 bits per heavy atom. The Bertz CT molecular complexity index is 1200. The van der Waals surface area contributed by atoms with Crippen molar-refractivity contribution in [2.45, 2.75) is 6.92 Å². The fraction of sp³-hybridized carbons (Fsp3) is 0.120. The van der Waals surface area contributed by atoms with Gasteiger partial charge in [0.25, 0.3) is 0 Å². The molecule has 3 aromatic carbocycles. The molecule has 6 heteroatoms. The van der Waals surface area contributed by atoms with E-state index in [0.29, 0.717) is 39.0 Å². The standard InChI is InChI=1S/C25H19ClO5/c1-15-10-20(30-14-21(27)17-6-8-18(26)9-7-17)13-22-24(15)25(28)23(31-22)12-16-4-3-5-19(11-16)29-2/h3-13H,14H2,1-2H3/b23-12-. The quantitative estimate of drug-likeness (QED) is 0.377. The maximum Gasteiger partial charge on any atom is 0.232 e. The Kier molecular flexibility index (Phi) is 5.78. The number of ketones is 2. The van der Waals surface area contributed by atoms with Crippen LogP contribution in [0.25, 0.3) is 6.08 Å². The zero-order valence-electron chi connectivity index (χ0n) is 17.0. The summed E-state index contributed by atoms with van der Waals surface area (Å²) in [7, 11) is 1.59. The first kappa shape index (κ1) is 20.7. The van der Waals surface area contributed by atoms with Gasteiger partial charge in [0.2, 0.25) is 5.78 Å². The first-order chi connectivity index (χ1) is 14.9. The Morgan fingerprint density at radius 1 is 1.06 bits per heavy atom. The molecule has 1 aliphatic heterocycles. The van der Waals surface area contributed by atoms with E-state index < -0.39 is 0 Å². The zero-order valence-corrected chi connectivity index (χ0v) is 17.7. The SMILES string of the molecule is COc1cccc(/C=C2\Oc3cc(OCC(=O)c4ccc(Cl)cc4)cc(C)c3C2=O)c1. The van der Waals surface area contributed by atoms with Crippen LogP contribution < -0.4 is 14.2 Å². The summed E-state index contributed by atoms with van der Waals surface area (Å²) in [6, 6.07) is 17.3. The second-order valence-electron chi connectivity index (χ2n) is 7.05. The number of aryl methyl sites for hydroxylation is 1. The van der Waals surface area contributed by atoms with E-state index in [-0.39, 0.29) is 23.9 Å². The maximum atomic E-state index is 12.8. The molecule has 3 aromatic rings. The first-order valence-electron chi connectivity index (χ1n) is 9.59. The molecule has 0 spiro atoms. The zero-order chi connectivity index (χ0) is 22.0. The van der Waals surface area contributed by atoms with E-state index in [9.17, 15) is 9.59 Å². The number of benzene rings is 3.